The zero-order chi connectivity index (χ0) is 26.4. The van der Waals surface area contributed by atoms with Crippen LogP contribution in [0.3, 0.4) is 0 Å². The van der Waals surface area contributed by atoms with Crippen molar-refractivity contribution in [1.29, 1.82) is 5.26 Å². The number of hydrogen-bond acceptors (Lipinski definition) is 9. The fourth-order valence-electron chi connectivity index (χ4n) is 5.15. The number of piperazine rings is 1. The molecule has 0 saturated carbocycles. The smallest absolute Gasteiger partial charge is 0.410 e. The summed E-state index contributed by atoms with van der Waals surface area (Å²) in [6, 6.07) is 11.8. The summed E-state index contributed by atoms with van der Waals surface area (Å²) in [5.74, 6) is 2.00. The van der Waals surface area contributed by atoms with Crippen LogP contribution in [0.2, 0.25) is 0 Å². The molecule has 11 heteroatoms. The average molecular weight is 510 g/mol. The first kappa shape index (κ1) is 23.7. The summed E-state index contributed by atoms with van der Waals surface area (Å²) in [6.07, 6.45) is 7.23. The highest BCUT2D eigenvalue weighted by atomic mass is 16.6. The molecule has 2 bridgehead atoms. The van der Waals surface area contributed by atoms with Gasteiger partial charge in [0.1, 0.15) is 17.2 Å². The van der Waals surface area contributed by atoms with Crippen molar-refractivity contribution in [3.63, 3.8) is 0 Å². The lowest BCUT2D eigenvalue weighted by molar-refractivity contribution is 0.0214. The zero-order valence-corrected chi connectivity index (χ0v) is 21.4. The van der Waals surface area contributed by atoms with E-state index in [1.54, 1.807) is 35.5 Å². The van der Waals surface area contributed by atoms with E-state index in [4.69, 9.17) is 9.84 Å². The number of carbonyl (C=O) groups is 1. The molecule has 11 nitrogen and oxygen atoms in total. The predicted molar refractivity (Wildman–Crippen MR) is 141 cm³/mol. The zero-order valence-electron chi connectivity index (χ0n) is 21.4. The molecule has 38 heavy (non-hydrogen) atoms. The van der Waals surface area contributed by atoms with E-state index in [0.29, 0.717) is 30.3 Å². The van der Waals surface area contributed by atoms with Gasteiger partial charge in [-0.15, -0.1) is 5.10 Å². The molecule has 0 radical (unpaired) electrons. The van der Waals surface area contributed by atoms with E-state index >= 15 is 0 Å². The molecule has 6 rings (SSSR count). The standard InChI is InChI=1S/C27H27N9O2/c1-27(2,3)38-26(37)35-16-19-11-20(35)15-34(19)24-12-18(6-7-31-24)36-22-10-17(13-28)4-5-21(22)25(33-36)32-23-14-29-8-9-30-23/h4-10,12,14,19-20H,11,15-16H2,1-3H3,(H,30,32,33)/t19-,20-/m0/s1. The van der Waals surface area contributed by atoms with Crippen LogP contribution in [0.1, 0.15) is 32.8 Å². The Morgan fingerprint density at radius 1 is 1.11 bits per heavy atom. The van der Waals surface area contributed by atoms with Gasteiger partial charge in [0.25, 0.3) is 0 Å². The Morgan fingerprint density at radius 2 is 1.97 bits per heavy atom. The van der Waals surface area contributed by atoms with Crippen molar-refractivity contribution >= 4 is 34.4 Å². The fraction of sp³-hybridized carbons (Fsp3) is 0.333. The lowest BCUT2D eigenvalue weighted by Gasteiger charge is -2.35. The number of ether oxygens (including phenoxy) is 1. The summed E-state index contributed by atoms with van der Waals surface area (Å²) in [5.41, 5.74) is 1.62. The first-order valence-electron chi connectivity index (χ1n) is 12.5. The van der Waals surface area contributed by atoms with Gasteiger partial charge < -0.3 is 19.9 Å². The Hall–Kier alpha value is -4.72. The molecule has 0 spiro atoms. The van der Waals surface area contributed by atoms with Crippen LogP contribution >= 0.6 is 0 Å². The van der Waals surface area contributed by atoms with Gasteiger partial charge in [-0.05, 0) is 51.5 Å². The number of nitrogens with zero attached hydrogens (tertiary/aromatic N) is 8. The fourth-order valence-corrected chi connectivity index (χ4v) is 5.15. The molecule has 0 aliphatic carbocycles. The van der Waals surface area contributed by atoms with Crippen LogP contribution in [0.15, 0.2) is 55.1 Å². The summed E-state index contributed by atoms with van der Waals surface area (Å²) < 4.78 is 7.41. The molecule has 3 aromatic heterocycles. The maximum atomic E-state index is 12.7. The summed E-state index contributed by atoms with van der Waals surface area (Å²) in [4.78, 5) is 29.8. The molecule has 0 unspecified atom stereocenters. The summed E-state index contributed by atoms with van der Waals surface area (Å²) in [6.45, 7) is 6.95. The third-order valence-electron chi connectivity index (χ3n) is 6.76. The third-order valence-corrected chi connectivity index (χ3v) is 6.76. The van der Waals surface area contributed by atoms with Crippen molar-refractivity contribution in [1.82, 2.24) is 29.6 Å². The second-order valence-corrected chi connectivity index (χ2v) is 10.5. The van der Waals surface area contributed by atoms with E-state index in [0.717, 1.165) is 28.8 Å². The van der Waals surface area contributed by atoms with Crippen molar-refractivity contribution in [3.8, 4) is 11.8 Å². The normalized spacial score (nSPS) is 18.6. The predicted octanol–water partition coefficient (Wildman–Crippen LogP) is 4.02. The number of aromatic nitrogens is 5. The maximum Gasteiger partial charge on any atom is 0.410 e. The van der Waals surface area contributed by atoms with Gasteiger partial charge in [0.15, 0.2) is 5.82 Å². The van der Waals surface area contributed by atoms with Crippen molar-refractivity contribution in [2.45, 2.75) is 44.9 Å². The van der Waals surface area contributed by atoms with E-state index in [-0.39, 0.29) is 18.2 Å². The Labute approximate surface area is 219 Å². The highest BCUT2D eigenvalue weighted by Gasteiger charge is 2.47. The molecule has 2 aliphatic rings. The lowest BCUT2D eigenvalue weighted by atomic mass is 10.1. The Bertz CT molecular complexity index is 1550. The minimum atomic E-state index is -0.521. The minimum Gasteiger partial charge on any atom is -0.444 e. The number of amides is 1. The number of rotatable bonds is 4. The highest BCUT2D eigenvalue weighted by molar-refractivity contribution is 5.93. The quantitative estimate of drug-likeness (QED) is 0.434. The molecule has 5 heterocycles. The number of nitriles is 1. The number of carbonyl (C=O) groups excluding carboxylic acids is 1. The monoisotopic (exact) mass is 509 g/mol. The first-order chi connectivity index (χ1) is 18.3. The minimum absolute atomic E-state index is 0.0896. The van der Waals surface area contributed by atoms with Gasteiger partial charge in [-0.2, -0.15) is 5.26 Å². The molecule has 1 N–H and O–H groups in total. The number of likely N-dealkylation sites (tertiary alicyclic amines) is 1. The summed E-state index contributed by atoms with van der Waals surface area (Å²) in [7, 11) is 0. The lowest BCUT2D eigenvalue weighted by Crippen LogP contribution is -2.50. The first-order valence-corrected chi connectivity index (χ1v) is 12.5. The van der Waals surface area contributed by atoms with Crippen LogP contribution < -0.4 is 10.2 Å². The molecule has 2 aliphatic heterocycles. The number of benzene rings is 1. The average Bonchev–Trinajstić information content (AvgIpc) is 3.61. The van der Waals surface area contributed by atoms with Crippen molar-refractivity contribution < 1.29 is 9.53 Å². The van der Waals surface area contributed by atoms with Crippen LogP contribution in [0.25, 0.3) is 16.6 Å². The molecule has 2 fully saturated rings. The SMILES string of the molecule is CC(C)(C)OC(=O)N1C[C@@H]2C[C@H]1CN2c1cc(-n2nc(Nc3cnccn3)c3ccc(C#N)cc32)ccn1. The Kier molecular flexibility index (Phi) is 5.60. The van der Waals surface area contributed by atoms with Crippen LogP contribution in [-0.4, -0.2) is 66.5 Å². The Morgan fingerprint density at radius 3 is 2.68 bits per heavy atom. The molecule has 1 amide bonds. The largest absolute Gasteiger partial charge is 0.444 e. The van der Waals surface area contributed by atoms with Crippen LogP contribution in [0.5, 0.6) is 0 Å². The van der Waals surface area contributed by atoms with Gasteiger partial charge in [-0.3, -0.25) is 4.98 Å². The van der Waals surface area contributed by atoms with Gasteiger partial charge in [0.2, 0.25) is 0 Å². The topological polar surface area (TPSA) is 125 Å². The van der Waals surface area contributed by atoms with Crippen LogP contribution in [0, 0.1) is 11.3 Å². The van der Waals surface area contributed by atoms with Gasteiger partial charge >= 0.3 is 6.09 Å². The molecular weight excluding hydrogens is 482 g/mol. The van der Waals surface area contributed by atoms with Gasteiger partial charge in [-0.25, -0.2) is 19.4 Å². The van der Waals surface area contributed by atoms with Gasteiger partial charge in [0, 0.05) is 43.1 Å². The second kappa shape index (κ2) is 8.99. The van der Waals surface area contributed by atoms with Crippen molar-refractivity contribution in [2.24, 2.45) is 0 Å². The molecular formula is C27H27N9O2. The third kappa shape index (κ3) is 4.34. The summed E-state index contributed by atoms with van der Waals surface area (Å²) >= 11 is 0. The van der Waals surface area contributed by atoms with E-state index in [2.05, 4.69) is 31.2 Å². The van der Waals surface area contributed by atoms with Crippen LogP contribution in [-0.2, 0) is 4.74 Å². The number of nitrogens with one attached hydrogen (secondary N) is 1. The van der Waals surface area contributed by atoms with Crippen molar-refractivity contribution in [3.05, 3.63) is 60.7 Å². The molecule has 4 aromatic rings. The summed E-state index contributed by atoms with van der Waals surface area (Å²) in [5, 5.41) is 18.4. The number of pyridine rings is 1. The molecule has 192 valence electrons. The highest BCUT2D eigenvalue weighted by Crippen LogP contribution is 2.36. The van der Waals surface area contributed by atoms with Gasteiger partial charge in [-0.1, -0.05) is 0 Å². The second-order valence-electron chi connectivity index (χ2n) is 10.5. The van der Waals surface area contributed by atoms with Crippen molar-refractivity contribution in [2.75, 3.05) is 23.3 Å². The van der Waals surface area contributed by atoms with E-state index in [1.807, 2.05) is 49.9 Å². The van der Waals surface area contributed by atoms with E-state index in [1.165, 1.54) is 0 Å². The van der Waals surface area contributed by atoms with E-state index < -0.39 is 5.60 Å². The van der Waals surface area contributed by atoms with E-state index in [9.17, 15) is 10.1 Å². The number of hydrogen-bond donors (Lipinski definition) is 1. The molecule has 2 atom stereocenters. The number of anilines is 3. The Balaban J connectivity index is 1.30. The molecule has 2 saturated heterocycles. The maximum absolute atomic E-state index is 12.7. The molecule has 1 aromatic carbocycles. The number of fused-ring (bicyclic) bond motifs is 3. The van der Waals surface area contributed by atoms with Crippen LogP contribution in [0.4, 0.5) is 22.2 Å². The van der Waals surface area contributed by atoms with Gasteiger partial charge in [0.05, 0.1) is 41.1 Å².